The Balaban J connectivity index is 3.05. The van der Waals surface area contributed by atoms with Crippen molar-refractivity contribution in [2.75, 3.05) is 0 Å². The zero-order valence-electron chi connectivity index (χ0n) is 2.87. The molecule has 3 nitrogen and oxygen atoms in total. The molecule has 0 spiro atoms. The van der Waals surface area contributed by atoms with Gasteiger partial charge in [-0.15, -0.1) is 0 Å². The molecule has 0 aliphatic carbocycles. The van der Waals surface area contributed by atoms with Gasteiger partial charge in [-0.3, -0.25) is 0 Å². The summed E-state index contributed by atoms with van der Waals surface area (Å²) in [6.07, 6.45) is 2.81. The van der Waals surface area contributed by atoms with Crippen LogP contribution in [-0.2, 0) is 0 Å². The smallest absolute Gasteiger partial charge is 0.280 e. The van der Waals surface area contributed by atoms with Crippen molar-refractivity contribution < 1.29 is 4.12 Å². The van der Waals surface area contributed by atoms with Crippen LogP contribution < -0.4 is 4.12 Å². The Morgan fingerprint density at radius 2 is 2.67 bits per heavy atom. The minimum atomic E-state index is 0.681. The number of aromatic nitrogens is 2. The van der Waals surface area contributed by atoms with Crippen LogP contribution in [0.3, 0.4) is 0 Å². The van der Waals surface area contributed by atoms with E-state index in [0.717, 1.165) is 11.7 Å². The summed E-state index contributed by atoms with van der Waals surface area (Å²) in [6, 6.07) is 0. The highest BCUT2D eigenvalue weighted by atomic mass is 32.1. The predicted octanol–water partition coefficient (Wildman–Crippen LogP) is -0.223. The van der Waals surface area contributed by atoms with E-state index < -0.39 is 0 Å². The number of hydrogen-bond donors (Lipinski definition) is 0. The van der Waals surface area contributed by atoms with Crippen molar-refractivity contribution in [3.05, 3.63) is 17.6 Å². The van der Waals surface area contributed by atoms with Gasteiger partial charge in [0.15, 0.2) is 12.4 Å². The molecule has 32 valence electrons. The molecular formula is C2H2N2OS. The molecule has 0 bridgehead atoms. The Bertz CT molecular complexity index is 115. The van der Waals surface area contributed by atoms with E-state index in [9.17, 15) is 5.21 Å². The lowest BCUT2D eigenvalue weighted by atomic mass is 11.0. The first-order chi connectivity index (χ1) is 2.89. The van der Waals surface area contributed by atoms with Crippen molar-refractivity contribution in [1.82, 2.24) is 4.37 Å². The normalized spacial score (nSPS) is 8.67. The molecule has 0 amide bonds. The van der Waals surface area contributed by atoms with Gasteiger partial charge in [-0.1, -0.05) is 0 Å². The van der Waals surface area contributed by atoms with E-state index in [1.165, 1.54) is 12.4 Å². The van der Waals surface area contributed by atoms with Crippen molar-refractivity contribution in [1.29, 1.82) is 0 Å². The predicted molar refractivity (Wildman–Crippen MR) is 21.1 cm³/mol. The zero-order chi connectivity index (χ0) is 4.41. The quantitative estimate of drug-likeness (QED) is 0.335. The van der Waals surface area contributed by atoms with Crippen LogP contribution in [0.2, 0.25) is 0 Å². The maximum atomic E-state index is 9.94. The molecule has 0 aromatic carbocycles. The van der Waals surface area contributed by atoms with E-state index in [4.69, 9.17) is 0 Å². The SMILES string of the molecule is [O-][n+]1ccns1. The maximum absolute atomic E-state index is 9.94. The summed E-state index contributed by atoms with van der Waals surface area (Å²) < 4.78 is 4.19. The summed E-state index contributed by atoms with van der Waals surface area (Å²) in [5.41, 5.74) is 0. The van der Waals surface area contributed by atoms with Crippen LogP contribution in [0.5, 0.6) is 0 Å². The van der Waals surface area contributed by atoms with Crippen molar-refractivity contribution in [2.24, 2.45) is 0 Å². The standard InChI is InChI=1S/C2H2N2OS/c5-4-2-1-3-6-4/h1-2H. The van der Waals surface area contributed by atoms with Gasteiger partial charge < -0.3 is 5.21 Å². The van der Waals surface area contributed by atoms with Gasteiger partial charge in [-0.25, -0.2) is 0 Å². The number of hydrogen-bond acceptors (Lipinski definition) is 3. The molecule has 0 atom stereocenters. The van der Waals surface area contributed by atoms with Crippen molar-refractivity contribution >= 4 is 11.7 Å². The van der Waals surface area contributed by atoms with Crippen molar-refractivity contribution in [3.8, 4) is 0 Å². The highest BCUT2D eigenvalue weighted by Gasteiger charge is 1.81. The Hall–Kier alpha value is -0.640. The largest absolute Gasteiger partial charge is 0.700 e. The molecule has 1 rings (SSSR count). The van der Waals surface area contributed by atoms with E-state index >= 15 is 0 Å². The summed E-state index contributed by atoms with van der Waals surface area (Å²) in [5, 5.41) is 9.94. The lowest BCUT2D eigenvalue weighted by Gasteiger charge is -1.82. The third-order valence-electron chi connectivity index (χ3n) is 0.377. The van der Waals surface area contributed by atoms with Gasteiger partial charge in [0.05, 0.1) is 0 Å². The molecule has 0 aliphatic rings. The first-order valence-corrected chi connectivity index (χ1v) is 2.13. The molecular weight excluding hydrogens is 100 g/mol. The van der Waals surface area contributed by atoms with Crippen molar-refractivity contribution in [2.45, 2.75) is 0 Å². The second kappa shape index (κ2) is 1.22. The van der Waals surface area contributed by atoms with Gasteiger partial charge >= 0.3 is 0 Å². The Kier molecular flexibility index (Phi) is 0.719. The zero-order valence-corrected chi connectivity index (χ0v) is 3.68. The molecule has 4 heteroatoms. The molecule has 1 aromatic heterocycles. The van der Waals surface area contributed by atoms with E-state index in [1.54, 1.807) is 0 Å². The number of nitrogens with zero attached hydrogens (tertiary/aromatic N) is 2. The molecule has 0 saturated carbocycles. The average Bonchev–Trinajstić information content (AvgIpc) is 1.86. The van der Waals surface area contributed by atoms with Crippen LogP contribution in [0, 0.1) is 5.21 Å². The van der Waals surface area contributed by atoms with Gasteiger partial charge in [-0.05, 0) is 0 Å². The molecule has 0 unspecified atom stereocenters. The lowest BCUT2D eigenvalue weighted by molar-refractivity contribution is -0.530. The van der Waals surface area contributed by atoms with Crippen LogP contribution in [0.1, 0.15) is 0 Å². The van der Waals surface area contributed by atoms with Crippen molar-refractivity contribution in [3.63, 3.8) is 0 Å². The average molecular weight is 102 g/mol. The second-order valence-corrected chi connectivity index (χ2v) is 1.50. The van der Waals surface area contributed by atoms with Gasteiger partial charge in [0.1, 0.15) is 0 Å². The van der Waals surface area contributed by atoms with Crippen LogP contribution in [-0.4, -0.2) is 4.37 Å². The molecule has 0 aliphatic heterocycles. The summed E-state index contributed by atoms with van der Waals surface area (Å²) >= 11 is 0.889. The fourth-order valence-electron chi connectivity index (χ4n) is 0.183. The van der Waals surface area contributed by atoms with E-state index in [0.29, 0.717) is 4.12 Å². The van der Waals surface area contributed by atoms with Crippen LogP contribution in [0.25, 0.3) is 0 Å². The number of rotatable bonds is 0. The first-order valence-electron chi connectivity index (χ1n) is 1.40. The molecule has 0 saturated heterocycles. The monoisotopic (exact) mass is 102 g/mol. The maximum Gasteiger partial charge on any atom is 0.280 e. The minimum Gasteiger partial charge on any atom is -0.700 e. The summed E-state index contributed by atoms with van der Waals surface area (Å²) in [4.78, 5) is 0. The Morgan fingerprint density at radius 3 is 2.83 bits per heavy atom. The summed E-state index contributed by atoms with van der Waals surface area (Å²) in [6.45, 7) is 0. The summed E-state index contributed by atoms with van der Waals surface area (Å²) in [5.74, 6) is 0. The topological polar surface area (TPSA) is 39.8 Å². The second-order valence-electron chi connectivity index (χ2n) is 0.771. The summed E-state index contributed by atoms with van der Waals surface area (Å²) in [7, 11) is 0. The first kappa shape index (κ1) is 3.55. The fraction of sp³-hybridized carbons (Fsp3) is 0. The highest BCUT2D eigenvalue weighted by molar-refractivity contribution is 6.94. The molecule has 1 heterocycles. The van der Waals surface area contributed by atoms with E-state index in [-0.39, 0.29) is 0 Å². The minimum absolute atomic E-state index is 0.681. The van der Waals surface area contributed by atoms with Crippen LogP contribution in [0.4, 0.5) is 0 Å². The molecule has 0 fully saturated rings. The van der Waals surface area contributed by atoms with E-state index in [2.05, 4.69) is 4.37 Å². The lowest BCUT2D eigenvalue weighted by Crippen LogP contribution is -2.16. The fourth-order valence-corrected chi connectivity index (χ4v) is 0.493. The van der Waals surface area contributed by atoms with Gasteiger partial charge in [-0.2, -0.15) is 4.12 Å². The third kappa shape index (κ3) is 0.463. The molecule has 6 heavy (non-hydrogen) atoms. The van der Waals surface area contributed by atoms with Gasteiger partial charge in [0.25, 0.3) is 11.7 Å². The highest BCUT2D eigenvalue weighted by Crippen LogP contribution is 1.71. The van der Waals surface area contributed by atoms with E-state index in [1.807, 2.05) is 0 Å². The van der Waals surface area contributed by atoms with Gasteiger partial charge in [0.2, 0.25) is 0 Å². The molecule has 0 N–H and O–H groups in total. The third-order valence-corrected chi connectivity index (χ3v) is 0.876. The Labute approximate surface area is 38.8 Å². The van der Waals surface area contributed by atoms with Crippen LogP contribution in [0.15, 0.2) is 12.4 Å². The molecule has 1 aromatic rings. The van der Waals surface area contributed by atoms with Gasteiger partial charge in [0, 0.05) is 4.37 Å². The molecule has 0 radical (unpaired) electrons. The van der Waals surface area contributed by atoms with Crippen LogP contribution >= 0.6 is 11.7 Å². The Morgan fingerprint density at radius 1 is 1.83 bits per heavy atom.